The number of rotatable bonds is 8. The lowest BCUT2D eigenvalue weighted by atomic mass is 10.0. The molecule has 0 bridgehead atoms. The Morgan fingerprint density at radius 1 is 0.608 bits per heavy atom. The van der Waals surface area contributed by atoms with Gasteiger partial charge in [0.1, 0.15) is 0 Å². The van der Waals surface area contributed by atoms with E-state index in [-0.39, 0.29) is 0 Å². The van der Waals surface area contributed by atoms with E-state index < -0.39 is 0 Å². The van der Waals surface area contributed by atoms with E-state index in [0.29, 0.717) is 6.54 Å². The number of thiophene rings is 1. The first-order valence-corrected chi connectivity index (χ1v) is 17.9. The van der Waals surface area contributed by atoms with Gasteiger partial charge >= 0.3 is 0 Å². The Kier molecular flexibility index (Phi) is 7.92. The van der Waals surface area contributed by atoms with Gasteiger partial charge in [0.2, 0.25) is 0 Å². The summed E-state index contributed by atoms with van der Waals surface area (Å²) in [5.74, 6) is 0. The van der Waals surface area contributed by atoms with E-state index in [1.54, 1.807) is 0 Å². The molecule has 0 unspecified atom stereocenters. The minimum Gasteiger partial charge on any atom is -0.305 e. The monoisotopic (exact) mass is 671 g/mol. The molecule has 0 amide bonds. The molecule has 0 N–H and O–H groups in total. The molecule has 51 heavy (non-hydrogen) atoms. The Morgan fingerprint density at radius 2 is 1.29 bits per heavy atom. The molecule has 0 aliphatic heterocycles. The van der Waals surface area contributed by atoms with Crippen LogP contribution in [0.4, 0.5) is 0 Å². The van der Waals surface area contributed by atoms with Gasteiger partial charge in [0.05, 0.1) is 35.2 Å². The van der Waals surface area contributed by atoms with Crippen molar-refractivity contribution in [1.82, 2.24) is 4.57 Å². The highest BCUT2D eigenvalue weighted by Gasteiger charge is 2.23. The minimum atomic E-state index is 0.534. The van der Waals surface area contributed by atoms with E-state index in [9.17, 15) is 0 Å². The normalized spacial score (nSPS) is 12.3. The lowest BCUT2D eigenvalue weighted by Crippen LogP contribution is -2.11. The number of benzene rings is 7. The van der Waals surface area contributed by atoms with Crippen LogP contribution in [-0.4, -0.2) is 17.0 Å². The van der Waals surface area contributed by atoms with E-state index in [4.69, 9.17) is 4.99 Å². The molecule has 0 fully saturated rings. The maximum atomic E-state index is 5.34. The number of allylic oxidation sites excluding steroid dienone is 1. The average Bonchev–Trinajstić information content (AvgIpc) is 3.74. The van der Waals surface area contributed by atoms with Gasteiger partial charge in [-0.15, -0.1) is 11.3 Å². The Bertz CT molecular complexity index is 2760. The van der Waals surface area contributed by atoms with Gasteiger partial charge in [-0.3, -0.25) is 9.98 Å². The van der Waals surface area contributed by atoms with Crippen LogP contribution in [-0.2, 0) is 6.54 Å². The van der Waals surface area contributed by atoms with Crippen LogP contribution in [0.2, 0.25) is 0 Å². The summed E-state index contributed by atoms with van der Waals surface area (Å²) in [5.41, 5.74) is 11.0. The molecule has 242 valence electrons. The third-order valence-electron chi connectivity index (χ3n) is 9.59. The molecule has 0 aliphatic rings. The summed E-state index contributed by atoms with van der Waals surface area (Å²) in [6, 6.07) is 60.3. The topological polar surface area (TPSA) is 29.6 Å². The van der Waals surface area contributed by atoms with Crippen molar-refractivity contribution in [3.05, 3.63) is 187 Å². The molecule has 2 heterocycles. The van der Waals surface area contributed by atoms with Crippen LogP contribution in [0.25, 0.3) is 69.9 Å². The van der Waals surface area contributed by atoms with E-state index in [2.05, 4.69) is 174 Å². The number of nitrogens with zero attached hydrogens (tertiary/aromatic N) is 3. The van der Waals surface area contributed by atoms with Crippen LogP contribution < -0.4 is 0 Å². The molecule has 2 aromatic heterocycles. The van der Waals surface area contributed by atoms with E-state index in [1.807, 2.05) is 29.7 Å². The molecule has 0 saturated carbocycles. The molecule has 0 saturated heterocycles. The molecule has 9 rings (SSSR count). The van der Waals surface area contributed by atoms with Crippen molar-refractivity contribution in [1.29, 1.82) is 0 Å². The molecule has 4 heteroatoms. The smallest absolute Gasteiger partial charge is 0.0907 e. The third-order valence-corrected chi connectivity index (χ3v) is 10.8. The Hall–Kier alpha value is -6.36. The molecule has 0 atom stereocenters. The highest BCUT2D eigenvalue weighted by Crippen LogP contribution is 2.46. The fraction of sp³-hybridized carbons (Fsp3) is 0.0213. The van der Waals surface area contributed by atoms with Gasteiger partial charge < -0.3 is 4.57 Å². The summed E-state index contributed by atoms with van der Waals surface area (Å²) in [6.07, 6.45) is 1.88. The largest absolute Gasteiger partial charge is 0.305 e. The maximum Gasteiger partial charge on any atom is 0.0907 e. The first-order chi connectivity index (χ1) is 25.3. The van der Waals surface area contributed by atoms with Crippen LogP contribution in [0.3, 0.4) is 0 Å². The number of hydrogen-bond acceptors (Lipinski definition) is 3. The number of fused-ring (bicyclic) bond motifs is 7. The number of aromatic nitrogens is 1. The second kappa shape index (κ2) is 13.2. The van der Waals surface area contributed by atoms with Gasteiger partial charge in [-0.25, -0.2) is 0 Å². The van der Waals surface area contributed by atoms with Gasteiger partial charge in [-0.05, 0) is 52.7 Å². The van der Waals surface area contributed by atoms with Gasteiger partial charge in [0.15, 0.2) is 0 Å². The van der Waals surface area contributed by atoms with E-state index in [0.717, 1.165) is 33.6 Å². The van der Waals surface area contributed by atoms with Crippen molar-refractivity contribution in [2.75, 3.05) is 0 Å². The minimum absolute atomic E-state index is 0.534. The van der Waals surface area contributed by atoms with Gasteiger partial charge in [0, 0.05) is 36.5 Å². The lowest BCUT2D eigenvalue weighted by Gasteiger charge is -2.16. The second-order valence-electron chi connectivity index (χ2n) is 12.6. The van der Waals surface area contributed by atoms with Crippen LogP contribution in [0.5, 0.6) is 0 Å². The molecule has 7 aromatic carbocycles. The molecule has 3 nitrogen and oxygen atoms in total. The highest BCUT2D eigenvalue weighted by molar-refractivity contribution is 7.26. The SMILES string of the molecule is C=N/C=C(\C(=NCc1ccccc1)c1ccccc1)n1c2ccc(-c3ccccc3)cc2c2ccc3sc4c(-c5ccccc5)cccc4c3c21. The average molecular weight is 672 g/mol. The standard InChI is InChI=1S/C47H33N3S/c1-48-31-42(45(35-21-12-5-13-22-35)49-30-32-15-6-2-7-16-32)50-41-27-25-36(33-17-8-3-9-18-33)29-40(41)38-26-28-43-44(46(38)50)39-24-14-23-37(47(39)51-43)34-19-10-4-11-20-34/h2-29,31H,1,30H2/b42-31+,49-45?. The predicted molar refractivity (Wildman–Crippen MR) is 220 cm³/mol. The highest BCUT2D eigenvalue weighted by atomic mass is 32.1. The second-order valence-corrected chi connectivity index (χ2v) is 13.7. The van der Waals surface area contributed by atoms with E-state index in [1.165, 1.54) is 53.2 Å². The molecular formula is C47H33N3S. The van der Waals surface area contributed by atoms with Crippen molar-refractivity contribution in [2.24, 2.45) is 9.98 Å². The summed E-state index contributed by atoms with van der Waals surface area (Å²) in [4.78, 5) is 9.79. The van der Waals surface area contributed by atoms with Crippen molar-refractivity contribution >= 4 is 71.4 Å². The van der Waals surface area contributed by atoms with Crippen LogP contribution >= 0.6 is 11.3 Å². The van der Waals surface area contributed by atoms with Crippen molar-refractivity contribution in [3.8, 4) is 22.3 Å². The van der Waals surface area contributed by atoms with E-state index >= 15 is 0 Å². The fourth-order valence-corrected chi connectivity index (χ4v) is 8.52. The van der Waals surface area contributed by atoms with Gasteiger partial charge in [0.25, 0.3) is 0 Å². The zero-order chi connectivity index (χ0) is 34.1. The summed E-state index contributed by atoms with van der Waals surface area (Å²) in [7, 11) is 0. The number of aliphatic imine (C=N–C) groups is 2. The van der Waals surface area contributed by atoms with Gasteiger partial charge in [-0.1, -0.05) is 152 Å². The van der Waals surface area contributed by atoms with Crippen molar-refractivity contribution < 1.29 is 0 Å². The van der Waals surface area contributed by atoms with Crippen LogP contribution in [0.1, 0.15) is 11.1 Å². The summed E-state index contributed by atoms with van der Waals surface area (Å²) < 4.78 is 4.90. The first kappa shape index (κ1) is 30.7. The Morgan fingerprint density at radius 3 is 2.02 bits per heavy atom. The summed E-state index contributed by atoms with van der Waals surface area (Å²) in [6.45, 7) is 4.51. The molecule has 9 aromatic rings. The van der Waals surface area contributed by atoms with Crippen LogP contribution in [0.15, 0.2) is 186 Å². The quantitative estimate of drug-likeness (QED) is 0.144. The molecule has 0 aliphatic carbocycles. The number of hydrogen-bond donors (Lipinski definition) is 0. The van der Waals surface area contributed by atoms with Crippen LogP contribution in [0, 0.1) is 0 Å². The maximum absolute atomic E-state index is 5.34. The Labute approximate surface area is 300 Å². The zero-order valence-electron chi connectivity index (χ0n) is 27.9. The predicted octanol–water partition coefficient (Wildman–Crippen LogP) is 12.7. The molecular weight excluding hydrogens is 639 g/mol. The third kappa shape index (κ3) is 5.47. The van der Waals surface area contributed by atoms with Crippen molar-refractivity contribution in [3.63, 3.8) is 0 Å². The summed E-state index contributed by atoms with van der Waals surface area (Å²) in [5, 5.41) is 4.83. The summed E-state index contributed by atoms with van der Waals surface area (Å²) >= 11 is 1.86. The molecule has 0 radical (unpaired) electrons. The fourth-order valence-electron chi connectivity index (χ4n) is 7.28. The van der Waals surface area contributed by atoms with Gasteiger partial charge in [-0.2, -0.15) is 0 Å². The first-order valence-electron chi connectivity index (χ1n) is 17.1. The Balaban J connectivity index is 1.39. The molecule has 0 spiro atoms. The lowest BCUT2D eigenvalue weighted by molar-refractivity contribution is 1.06. The zero-order valence-corrected chi connectivity index (χ0v) is 28.7. The van der Waals surface area contributed by atoms with Crippen molar-refractivity contribution in [2.45, 2.75) is 6.54 Å².